The Morgan fingerprint density at radius 2 is 1.36 bits per heavy atom. The molecule has 0 bridgehead atoms. The summed E-state index contributed by atoms with van der Waals surface area (Å²) in [4.78, 5) is 21.6. The number of carbonyl (C=O) groups excluding carboxylic acids is 1. The van der Waals surface area contributed by atoms with Crippen molar-refractivity contribution >= 4 is 14.0 Å². The Morgan fingerprint density at radius 3 is 1.85 bits per heavy atom. The second-order valence-electron chi connectivity index (χ2n) is 9.71. The number of unbranched alkanes of at least 4 members (excludes halogenated alkanes) is 11. The molecule has 9 heteroatoms. The predicted octanol–water partition coefficient (Wildman–Crippen LogP) is 6.46. The van der Waals surface area contributed by atoms with Crippen LogP contribution < -0.4 is 0 Å². The van der Waals surface area contributed by atoms with Gasteiger partial charge in [0.2, 0.25) is 0 Å². The first-order chi connectivity index (χ1) is 15.6. The Labute approximate surface area is 202 Å². The molecule has 0 aliphatic carbocycles. The summed E-state index contributed by atoms with van der Waals surface area (Å²) in [6.45, 7) is 4.66. The van der Waals surface area contributed by atoms with Crippen LogP contribution in [-0.4, -0.2) is 69.1 Å². The van der Waals surface area contributed by atoms with Crippen LogP contribution in [0.4, 0.5) is 4.79 Å². The van der Waals surface area contributed by atoms with Crippen LogP contribution in [-0.2, 0) is 23.1 Å². The van der Waals surface area contributed by atoms with Crippen molar-refractivity contribution in [2.24, 2.45) is 0 Å². The van der Waals surface area contributed by atoms with Crippen LogP contribution in [0.25, 0.3) is 0 Å². The van der Waals surface area contributed by atoms with Gasteiger partial charge in [0.05, 0.1) is 27.7 Å². The lowest BCUT2D eigenvalue weighted by molar-refractivity contribution is -0.870. The molecule has 8 nitrogen and oxygen atoms in total. The molecule has 0 radical (unpaired) electrons. The molecule has 0 amide bonds. The smallest absolute Gasteiger partial charge is 0.435 e. The van der Waals surface area contributed by atoms with E-state index < -0.39 is 20.1 Å². The molecule has 33 heavy (non-hydrogen) atoms. The van der Waals surface area contributed by atoms with Gasteiger partial charge >= 0.3 is 14.0 Å². The Morgan fingerprint density at radius 1 is 0.848 bits per heavy atom. The fourth-order valence-electron chi connectivity index (χ4n) is 3.35. The number of phosphoric ester groups is 1. The molecule has 2 unspecified atom stereocenters. The highest BCUT2D eigenvalue weighted by Crippen LogP contribution is 2.45. The van der Waals surface area contributed by atoms with Gasteiger partial charge < -0.3 is 18.9 Å². The zero-order valence-electron chi connectivity index (χ0n) is 21.9. The highest BCUT2D eigenvalue weighted by atomic mass is 31.2. The zero-order valence-corrected chi connectivity index (χ0v) is 22.8. The van der Waals surface area contributed by atoms with Crippen LogP contribution in [0.2, 0.25) is 0 Å². The van der Waals surface area contributed by atoms with Gasteiger partial charge in [-0.1, -0.05) is 84.0 Å². The normalized spacial score (nSPS) is 14.6. The van der Waals surface area contributed by atoms with E-state index >= 15 is 0 Å². The van der Waals surface area contributed by atoms with Gasteiger partial charge in [-0.25, -0.2) is 9.36 Å². The third-order valence-corrected chi connectivity index (χ3v) is 6.40. The van der Waals surface area contributed by atoms with Gasteiger partial charge in [-0.3, -0.25) is 9.05 Å². The number of carbonyl (C=O) groups is 1. The van der Waals surface area contributed by atoms with Crippen molar-refractivity contribution in [3.63, 3.8) is 0 Å². The maximum Gasteiger partial charge on any atom is 0.508 e. The lowest BCUT2D eigenvalue weighted by atomic mass is 10.0. The van der Waals surface area contributed by atoms with E-state index in [0.717, 1.165) is 19.3 Å². The van der Waals surface area contributed by atoms with Crippen LogP contribution in [0.1, 0.15) is 97.3 Å². The summed E-state index contributed by atoms with van der Waals surface area (Å²) in [5, 5.41) is 0. The quantitative estimate of drug-likeness (QED) is 0.0796. The molecule has 0 heterocycles. The van der Waals surface area contributed by atoms with E-state index in [-0.39, 0.29) is 19.8 Å². The molecule has 0 saturated carbocycles. The number of likely N-dealkylation sites (N-methyl/N-ethyl adjacent to an activating group) is 1. The van der Waals surface area contributed by atoms with Crippen LogP contribution in [0.5, 0.6) is 0 Å². The molecule has 0 aromatic carbocycles. The monoisotopic (exact) mass is 496 g/mol. The summed E-state index contributed by atoms with van der Waals surface area (Å²) in [7, 11) is 1.67. The van der Waals surface area contributed by atoms with Crippen LogP contribution in [0.3, 0.4) is 0 Å². The molecule has 198 valence electrons. The highest BCUT2D eigenvalue weighted by molar-refractivity contribution is 7.47. The van der Waals surface area contributed by atoms with Gasteiger partial charge in [0, 0.05) is 0 Å². The Bertz CT molecular complexity index is 525. The van der Waals surface area contributed by atoms with E-state index in [9.17, 15) is 14.3 Å². The van der Waals surface area contributed by atoms with E-state index in [1.165, 1.54) is 57.8 Å². The number of rotatable bonds is 22. The fourth-order valence-corrected chi connectivity index (χ4v) is 4.27. The number of hydrogen-bond acceptors (Lipinski definition) is 6. The number of quaternary nitrogens is 1. The molecule has 2 atom stereocenters. The van der Waals surface area contributed by atoms with Crippen molar-refractivity contribution in [3.8, 4) is 0 Å². The Balaban J connectivity index is 4.21. The minimum absolute atomic E-state index is 0.0985. The molecular formula is C24H51NO7P+. The van der Waals surface area contributed by atoms with Crippen molar-refractivity contribution in [2.75, 3.05) is 47.5 Å². The minimum atomic E-state index is -4.24. The predicted molar refractivity (Wildman–Crippen MR) is 132 cm³/mol. The van der Waals surface area contributed by atoms with Crippen LogP contribution in [0.15, 0.2) is 0 Å². The first-order valence-corrected chi connectivity index (χ1v) is 14.3. The molecule has 0 aliphatic rings. The van der Waals surface area contributed by atoms with Gasteiger partial charge in [-0.15, -0.1) is 0 Å². The Kier molecular flexibility index (Phi) is 19.2. The first-order valence-electron chi connectivity index (χ1n) is 12.9. The molecule has 1 N–H and O–H groups in total. The summed E-state index contributed by atoms with van der Waals surface area (Å²) in [6.07, 6.45) is 13.7. The van der Waals surface area contributed by atoms with E-state index in [1.807, 2.05) is 21.1 Å². The van der Waals surface area contributed by atoms with Crippen LogP contribution >= 0.6 is 7.82 Å². The van der Waals surface area contributed by atoms with Crippen LogP contribution in [0, 0.1) is 0 Å². The third-order valence-electron chi connectivity index (χ3n) is 5.33. The Hall–Kier alpha value is -0.660. The second kappa shape index (κ2) is 19.6. The maximum atomic E-state index is 12.3. The zero-order chi connectivity index (χ0) is 25.0. The molecule has 0 rings (SSSR count). The first kappa shape index (κ1) is 32.3. The highest BCUT2D eigenvalue weighted by Gasteiger charge is 2.28. The number of phosphoric acid groups is 1. The van der Waals surface area contributed by atoms with Gasteiger partial charge in [0.25, 0.3) is 0 Å². The SMILES string of the molecule is CCCCCCCCCCCCCCC(COC(=O)OCC)OP(=O)(O)OCC[N+](C)(C)C. The summed E-state index contributed by atoms with van der Waals surface area (Å²) < 4.78 is 33.2. The van der Waals surface area contributed by atoms with E-state index in [0.29, 0.717) is 17.4 Å². The average Bonchev–Trinajstić information content (AvgIpc) is 2.71. The minimum Gasteiger partial charge on any atom is -0.435 e. The fraction of sp³-hybridized carbons (Fsp3) is 0.958. The summed E-state index contributed by atoms with van der Waals surface area (Å²) in [6, 6.07) is 0. The molecule has 0 fully saturated rings. The molecule has 0 spiro atoms. The maximum absolute atomic E-state index is 12.3. The average molecular weight is 497 g/mol. The number of nitrogens with zero attached hydrogens (tertiary/aromatic N) is 1. The van der Waals surface area contributed by atoms with Gasteiger partial charge in [-0.05, 0) is 13.3 Å². The molecule has 0 aromatic rings. The molecular weight excluding hydrogens is 445 g/mol. The molecule has 0 aliphatic heterocycles. The van der Waals surface area contributed by atoms with E-state index in [4.69, 9.17) is 18.5 Å². The van der Waals surface area contributed by atoms with Crippen molar-refractivity contribution in [3.05, 3.63) is 0 Å². The number of ether oxygens (including phenoxy) is 2. The summed E-state index contributed by atoms with van der Waals surface area (Å²) in [5.41, 5.74) is 0. The van der Waals surface area contributed by atoms with Crippen molar-refractivity contribution in [1.82, 2.24) is 0 Å². The summed E-state index contributed by atoms with van der Waals surface area (Å²) in [5.74, 6) is 0. The topological polar surface area (TPSA) is 91.3 Å². The van der Waals surface area contributed by atoms with E-state index in [2.05, 4.69) is 6.92 Å². The van der Waals surface area contributed by atoms with Gasteiger partial charge in [-0.2, -0.15) is 0 Å². The lowest BCUT2D eigenvalue weighted by Crippen LogP contribution is -2.37. The summed E-state index contributed by atoms with van der Waals surface area (Å²) >= 11 is 0. The third kappa shape index (κ3) is 22.9. The van der Waals surface area contributed by atoms with Gasteiger partial charge in [0.1, 0.15) is 25.9 Å². The standard InChI is InChI=1S/C24H50NO7P/c1-6-8-9-10-11-12-13-14-15-16-17-18-19-23(22-30-24(26)29-7-2)32-33(27,28)31-21-20-25(3,4)5/h23H,6-22H2,1-5H3/p+1. The molecule has 0 saturated heterocycles. The number of hydrogen-bond donors (Lipinski definition) is 1. The van der Waals surface area contributed by atoms with E-state index in [1.54, 1.807) is 6.92 Å². The second-order valence-corrected chi connectivity index (χ2v) is 11.1. The van der Waals surface area contributed by atoms with Crippen molar-refractivity contribution in [2.45, 2.75) is 103 Å². The largest absolute Gasteiger partial charge is 0.508 e. The molecule has 0 aromatic heterocycles. The lowest BCUT2D eigenvalue weighted by Gasteiger charge is -2.25. The van der Waals surface area contributed by atoms with Gasteiger partial charge in [0.15, 0.2) is 0 Å². The van der Waals surface area contributed by atoms with Crippen molar-refractivity contribution in [1.29, 1.82) is 0 Å². The van der Waals surface area contributed by atoms with Crippen molar-refractivity contribution < 1.29 is 37.3 Å².